The van der Waals surface area contributed by atoms with Crippen LogP contribution in [0.5, 0.6) is 0 Å². The van der Waals surface area contributed by atoms with E-state index in [2.05, 4.69) is 10.00 Å². The minimum absolute atomic E-state index is 0.890. The number of hydrazine groups is 1. The molecule has 0 unspecified atom stereocenters. The minimum Gasteiger partial charge on any atom is -0.311 e. The molecule has 2 N–H and O–H groups in total. The molecule has 0 saturated heterocycles. The largest absolute Gasteiger partial charge is 0.311 e. The van der Waals surface area contributed by atoms with Crippen LogP contribution in [0.2, 0.25) is 0 Å². The van der Waals surface area contributed by atoms with Gasteiger partial charge in [-0.15, -0.1) is 0 Å². The van der Waals surface area contributed by atoms with Crippen LogP contribution in [-0.2, 0) is 6.54 Å². The number of rotatable bonds is 4. The SMILES string of the molecule is CN(C)CCn1cc(N(C)N)cn1. The van der Waals surface area contributed by atoms with Crippen molar-refractivity contribution in [1.29, 1.82) is 0 Å². The van der Waals surface area contributed by atoms with Crippen LogP contribution in [0.25, 0.3) is 0 Å². The van der Waals surface area contributed by atoms with E-state index in [9.17, 15) is 0 Å². The van der Waals surface area contributed by atoms with Crippen LogP contribution in [0, 0.1) is 0 Å². The van der Waals surface area contributed by atoms with Crippen LogP contribution in [0.1, 0.15) is 0 Å². The Hall–Kier alpha value is -1.07. The van der Waals surface area contributed by atoms with Crippen molar-refractivity contribution < 1.29 is 0 Å². The molecule has 13 heavy (non-hydrogen) atoms. The van der Waals surface area contributed by atoms with Crippen LogP contribution in [-0.4, -0.2) is 42.4 Å². The highest BCUT2D eigenvalue weighted by Gasteiger charge is 2.00. The van der Waals surface area contributed by atoms with Gasteiger partial charge in [0.15, 0.2) is 0 Å². The van der Waals surface area contributed by atoms with Crippen molar-refractivity contribution in [2.45, 2.75) is 6.54 Å². The summed E-state index contributed by atoms with van der Waals surface area (Å²) in [4.78, 5) is 2.12. The highest BCUT2D eigenvalue weighted by Crippen LogP contribution is 2.06. The molecule has 0 radical (unpaired) electrons. The molecule has 0 aliphatic carbocycles. The second kappa shape index (κ2) is 4.25. The maximum atomic E-state index is 5.55. The first-order chi connectivity index (χ1) is 6.09. The quantitative estimate of drug-likeness (QED) is 0.517. The normalized spacial score (nSPS) is 10.8. The zero-order chi connectivity index (χ0) is 9.84. The summed E-state index contributed by atoms with van der Waals surface area (Å²) in [6.45, 7) is 1.87. The first-order valence-corrected chi connectivity index (χ1v) is 4.25. The summed E-state index contributed by atoms with van der Waals surface area (Å²) in [5.41, 5.74) is 0.929. The third-order valence-corrected chi connectivity index (χ3v) is 1.80. The van der Waals surface area contributed by atoms with Crippen molar-refractivity contribution >= 4 is 5.69 Å². The van der Waals surface area contributed by atoms with E-state index in [1.807, 2.05) is 25.0 Å². The lowest BCUT2D eigenvalue weighted by molar-refractivity contribution is 0.373. The van der Waals surface area contributed by atoms with Gasteiger partial charge in [0, 0.05) is 19.8 Å². The molecular weight excluding hydrogens is 166 g/mol. The number of nitrogens with two attached hydrogens (primary N) is 1. The van der Waals surface area contributed by atoms with Gasteiger partial charge in [0.05, 0.1) is 18.4 Å². The molecule has 0 fully saturated rings. The number of hydrogen-bond acceptors (Lipinski definition) is 4. The van der Waals surface area contributed by atoms with Gasteiger partial charge in [0.2, 0.25) is 0 Å². The van der Waals surface area contributed by atoms with E-state index in [0.717, 1.165) is 18.8 Å². The zero-order valence-corrected chi connectivity index (χ0v) is 8.44. The number of nitrogens with zero attached hydrogens (tertiary/aromatic N) is 4. The van der Waals surface area contributed by atoms with Gasteiger partial charge in [-0.2, -0.15) is 5.10 Å². The fraction of sp³-hybridized carbons (Fsp3) is 0.625. The summed E-state index contributed by atoms with van der Waals surface area (Å²) in [5.74, 6) is 5.55. The first kappa shape index (κ1) is 10.0. The predicted molar refractivity (Wildman–Crippen MR) is 53.4 cm³/mol. The minimum atomic E-state index is 0.890. The molecule has 0 atom stereocenters. The van der Waals surface area contributed by atoms with Gasteiger partial charge in [0.25, 0.3) is 0 Å². The van der Waals surface area contributed by atoms with Crippen LogP contribution in [0.15, 0.2) is 12.4 Å². The van der Waals surface area contributed by atoms with Crippen LogP contribution in [0.4, 0.5) is 5.69 Å². The summed E-state index contributed by atoms with van der Waals surface area (Å²) >= 11 is 0. The molecule has 0 amide bonds. The molecule has 74 valence electrons. The molecule has 5 nitrogen and oxygen atoms in total. The van der Waals surface area contributed by atoms with Crippen molar-refractivity contribution in [2.24, 2.45) is 5.84 Å². The highest BCUT2D eigenvalue weighted by molar-refractivity contribution is 5.38. The maximum Gasteiger partial charge on any atom is 0.0894 e. The standard InChI is InChI=1S/C8H17N5/c1-11(2)4-5-13-7-8(6-10-13)12(3)9/h6-7H,4-5,9H2,1-3H3. The summed E-state index contributed by atoms with van der Waals surface area (Å²) in [6.07, 6.45) is 3.69. The third kappa shape index (κ3) is 3.04. The maximum absolute atomic E-state index is 5.55. The Kier molecular flexibility index (Phi) is 3.27. The molecule has 1 aromatic rings. The van der Waals surface area contributed by atoms with E-state index in [1.54, 1.807) is 18.3 Å². The molecule has 0 bridgehead atoms. The Labute approximate surface area is 78.7 Å². The third-order valence-electron chi connectivity index (χ3n) is 1.80. The van der Waals surface area contributed by atoms with E-state index >= 15 is 0 Å². The lowest BCUT2D eigenvalue weighted by Crippen LogP contribution is -2.24. The van der Waals surface area contributed by atoms with Crippen molar-refractivity contribution in [2.75, 3.05) is 32.7 Å². The fourth-order valence-electron chi connectivity index (χ4n) is 0.960. The lowest BCUT2D eigenvalue weighted by Gasteiger charge is -2.09. The molecule has 0 saturated carbocycles. The number of likely N-dealkylation sites (N-methyl/N-ethyl adjacent to an activating group) is 1. The van der Waals surface area contributed by atoms with Crippen LogP contribution in [0.3, 0.4) is 0 Å². The van der Waals surface area contributed by atoms with E-state index in [0.29, 0.717) is 0 Å². The molecule has 1 aromatic heterocycles. The molecule has 0 aliphatic heterocycles. The van der Waals surface area contributed by atoms with Crippen LogP contribution >= 0.6 is 0 Å². The Morgan fingerprint density at radius 2 is 2.15 bits per heavy atom. The molecule has 1 rings (SSSR count). The summed E-state index contributed by atoms with van der Waals surface area (Å²) in [7, 11) is 5.88. The van der Waals surface area contributed by atoms with Crippen molar-refractivity contribution in [1.82, 2.24) is 14.7 Å². The second-order valence-electron chi connectivity index (χ2n) is 3.38. The van der Waals surface area contributed by atoms with Crippen molar-refractivity contribution in [3.63, 3.8) is 0 Å². The molecule has 0 aromatic carbocycles. The monoisotopic (exact) mass is 183 g/mol. The van der Waals surface area contributed by atoms with Crippen molar-refractivity contribution in [3.05, 3.63) is 12.4 Å². The van der Waals surface area contributed by atoms with Gasteiger partial charge >= 0.3 is 0 Å². The second-order valence-corrected chi connectivity index (χ2v) is 3.38. The summed E-state index contributed by atoms with van der Waals surface area (Å²) in [5, 5.41) is 5.73. The average Bonchev–Trinajstić information content (AvgIpc) is 2.48. The highest BCUT2D eigenvalue weighted by atomic mass is 15.4. The number of hydrogen-bond donors (Lipinski definition) is 1. The molecular formula is C8H17N5. The Bertz CT molecular complexity index is 253. The van der Waals surface area contributed by atoms with E-state index in [4.69, 9.17) is 5.84 Å². The predicted octanol–water partition coefficient (Wildman–Crippen LogP) is -0.245. The van der Waals surface area contributed by atoms with Gasteiger partial charge < -0.3 is 9.91 Å². The smallest absolute Gasteiger partial charge is 0.0894 e. The zero-order valence-electron chi connectivity index (χ0n) is 8.44. The van der Waals surface area contributed by atoms with E-state index in [1.165, 1.54) is 0 Å². The van der Waals surface area contributed by atoms with E-state index < -0.39 is 0 Å². The van der Waals surface area contributed by atoms with Gasteiger partial charge in [-0.3, -0.25) is 4.68 Å². The summed E-state index contributed by atoms with van der Waals surface area (Å²) < 4.78 is 1.89. The number of anilines is 1. The van der Waals surface area contributed by atoms with Gasteiger partial charge in [-0.05, 0) is 14.1 Å². The topological polar surface area (TPSA) is 50.3 Å². The first-order valence-electron chi connectivity index (χ1n) is 4.25. The molecule has 0 spiro atoms. The molecule has 5 heteroatoms. The fourth-order valence-corrected chi connectivity index (χ4v) is 0.960. The lowest BCUT2D eigenvalue weighted by atomic mass is 10.5. The molecule has 1 heterocycles. The van der Waals surface area contributed by atoms with E-state index in [-0.39, 0.29) is 0 Å². The van der Waals surface area contributed by atoms with Crippen LogP contribution < -0.4 is 10.9 Å². The Morgan fingerprint density at radius 3 is 2.62 bits per heavy atom. The van der Waals surface area contributed by atoms with Gasteiger partial charge in [-0.1, -0.05) is 0 Å². The average molecular weight is 183 g/mol. The molecule has 0 aliphatic rings. The number of aromatic nitrogens is 2. The van der Waals surface area contributed by atoms with Gasteiger partial charge in [-0.25, -0.2) is 5.84 Å². The van der Waals surface area contributed by atoms with Crippen molar-refractivity contribution in [3.8, 4) is 0 Å². The Balaban J connectivity index is 2.49. The summed E-state index contributed by atoms with van der Waals surface area (Å²) in [6, 6.07) is 0. The Morgan fingerprint density at radius 1 is 1.46 bits per heavy atom. The van der Waals surface area contributed by atoms with Gasteiger partial charge in [0.1, 0.15) is 0 Å².